The number of carbonyl (C=O) groups is 1. The van der Waals surface area contributed by atoms with Crippen LogP contribution in [0.3, 0.4) is 0 Å². The minimum Gasteiger partial charge on any atom is -0.403 e. The Hall–Kier alpha value is -3.25. The molecule has 0 atom stereocenters. The first-order valence-electron chi connectivity index (χ1n) is 8.17. The number of hydrogen-bond donors (Lipinski definition) is 1. The number of rotatable bonds is 3. The third kappa shape index (κ3) is 3.66. The molecule has 0 aliphatic rings. The van der Waals surface area contributed by atoms with Crippen LogP contribution in [0.1, 0.15) is 10.4 Å². The molecular weight excluding hydrogens is 408 g/mol. The van der Waals surface area contributed by atoms with Crippen molar-refractivity contribution < 1.29 is 9.21 Å². The van der Waals surface area contributed by atoms with Crippen LogP contribution in [0.25, 0.3) is 22.4 Å². The highest BCUT2D eigenvalue weighted by atomic mass is 79.9. The highest BCUT2D eigenvalue weighted by molar-refractivity contribution is 9.10. The summed E-state index contributed by atoms with van der Waals surface area (Å²) in [6, 6.07) is 21.1. The molecule has 0 saturated heterocycles. The Bertz CT molecular complexity index is 1180. The number of benzene rings is 3. The van der Waals surface area contributed by atoms with E-state index in [0.717, 1.165) is 4.47 Å². The second-order valence-electron chi connectivity index (χ2n) is 5.86. The van der Waals surface area contributed by atoms with Gasteiger partial charge in [0.25, 0.3) is 5.91 Å². The average Bonchev–Trinajstić information content (AvgIpc) is 2.69. The van der Waals surface area contributed by atoms with Gasteiger partial charge in [0.2, 0.25) is 5.89 Å². The predicted molar refractivity (Wildman–Crippen MR) is 108 cm³/mol. The van der Waals surface area contributed by atoms with Crippen LogP contribution in [-0.2, 0) is 0 Å². The number of para-hydroxylation sites is 1. The first kappa shape index (κ1) is 17.2. The molecule has 5 nitrogen and oxygen atoms in total. The third-order valence-corrected chi connectivity index (χ3v) is 4.56. The largest absolute Gasteiger partial charge is 0.403 e. The Morgan fingerprint density at radius 2 is 1.63 bits per heavy atom. The molecule has 4 aromatic rings. The van der Waals surface area contributed by atoms with Gasteiger partial charge in [-0.15, -0.1) is 0 Å². The van der Waals surface area contributed by atoms with Gasteiger partial charge in [0.05, 0.1) is 10.9 Å². The highest BCUT2D eigenvalue weighted by Crippen LogP contribution is 2.21. The molecule has 0 fully saturated rings. The SMILES string of the molecule is O=C(Nc1ccc(-c2nc3ccccc3c(=O)o2)cc1)c1ccc(Br)cc1. The molecule has 132 valence electrons. The maximum atomic E-state index is 12.3. The zero-order valence-electron chi connectivity index (χ0n) is 14.0. The minimum atomic E-state index is -0.428. The van der Waals surface area contributed by atoms with Gasteiger partial charge in [0, 0.05) is 21.3 Å². The third-order valence-electron chi connectivity index (χ3n) is 4.03. The van der Waals surface area contributed by atoms with E-state index in [9.17, 15) is 9.59 Å². The molecule has 0 bridgehead atoms. The van der Waals surface area contributed by atoms with E-state index < -0.39 is 5.63 Å². The Morgan fingerprint density at radius 1 is 0.926 bits per heavy atom. The van der Waals surface area contributed by atoms with Crippen LogP contribution in [-0.4, -0.2) is 10.9 Å². The van der Waals surface area contributed by atoms with Crippen LogP contribution in [0.4, 0.5) is 5.69 Å². The van der Waals surface area contributed by atoms with Gasteiger partial charge in [-0.2, -0.15) is 0 Å². The van der Waals surface area contributed by atoms with Crippen LogP contribution in [0.5, 0.6) is 0 Å². The summed E-state index contributed by atoms with van der Waals surface area (Å²) < 4.78 is 6.23. The predicted octanol–water partition coefficient (Wildman–Crippen LogP) is 4.87. The van der Waals surface area contributed by atoms with E-state index in [2.05, 4.69) is 26.2 Å². The van der Waals surface area contributed by atoms with Crippen LogP contribution < -0.4 is 10.9 Å². The average molecular weight is 421 g/mol. The van der Waals surface area contributed by atoms with Crippen molar-refractivity contribution in [2.24, 2.45) is 0 Å². The Balaban J connectivity index is 1.58. The molecular formula is C21H13BrN2O3. The Morgan fingerprint density at radius 3 is 2.37 bits per heavy atom. The fourth-order valence-corrected chi connectivity index (χ4v) is 2.91. The summed E-state index contributed by atoms with van der Waals surface area (Å²) in [6.45, 7) is 0. The van der Waals surface area contributed by atoms with Crippen molar-refractivity contribution in [3.8, 4) is 11.5 Å². The van der Waals surface area contributed by atoms with Crippen LogP contribution in [0.15, 0.2) is 86.5 Å². The van der Waals surface area contributed by atoms with Gasteiger partial charge >= 0.3 is 5.63 Å². The van der Waals surface area contributed by atoms with Gasteiger partial charge in [0.15, 0.2) is 0 Å². The van der Waals surface area contributed by atoms with E-state index in [4.69, 9.17) is 4.42 Å². The van der Waals surface area contributed by atoms with E-state index in [1.165, 1.54) is 0 Å². The lowest BCUT2D eigenvalue weighted by atomic mass is 10.1. The first-order valence-corrected chi connectivity index (χ1v) is 8.97. The quantitative estimate of drug-likeness (QED) is 0.513. The number of nitrogens with zero attached hydrogens (tertiary/aromatic N) is 1. The second-order valence-corrected chi connectivity index (χ2v) is 6.78. The lowest BCUT2D eigenvalue weighted by Gasteiger charge is -2.07. The molecule has 0 aliphatic heterocycles. The summed E-state index contributed by atoms with van der Waals surface area (Å²) in [4.78, 5) is 28.8. The van der Waals surface area contributed by atoms with Crippen LogP contribution in [0.2, 0.25) is 0 Å². The molecule has 1 amide bonds. The van der Waals surface area contributed by atoms with Crippen molar-refractivity contribution in [3.05, 3.63) is 93.3 Å². The standard InChI is InChI=1S/C21H13BrN2O3/c22-15-9-5-13(6-10-15)19(25)23-16-11-7-14(8-12-16)20-24-18-4-2-1-3-17(18)21(26)27-20/h1-12H,(H,23,25). The fraction of sp³-hybridized carbons (Fsp3) is 0. The van der Waals surface area contributed by atoms with Gasteiger partial charge in [0.1, 0.15) is 0 Å². The van der Waals surface area contributed by atoms with Crippen molar-refractivity contribution >= 4 is 38.4 Å². The lowest BCUT2D eigenvalue weighted by molar-refractivity contribution is 0.102. The summed E-state index contributed by atoms with van der Waals surface area (Å²) in [6.07, 6.45) is 0. The van der Waals surface area contributed by atoms with E-state index in [1.54, 1.807) is 54.6 Å². The number of halogens is 1. The molecule has 1 N–H and O–H groups in total. The molecule has 4 rings (SSSR count). The number of nitrogens with one attached hydrogen (secondary N) is 1. The van der Waals surface area contributed by atoms with E-state index in [1.807, 2.05) is 18.2 Å². The van der Waals surface area contributed by atoms with Crippen LogP contribution >= 0.6 is 15.9 Å². The lowest BCUT2D eigenvalue weighted by Crippen LogP contribution is -2.11. The van der Waals surface area contributed by atoms with Crippen molar-refractivity contribution in [2.75, 3.05) is 5.32 Å². The topological polar surface area (TPSA) is 72.2 Å². The van der Waals surface area contributed by atoms with Gasteiger partial charge in [-0.05, 0) is 60.7 Å². The molecule has 0 saturated carbocycles. The minimum absolute atomic E-state index is 0.203. The summed E-state index contributed by atoms with van der Waals surface area (Å²) in [5, 5.41) is 3.27. The molecule has 3 aromatic carbocycles. The molecule has 0 spiro atoms. The normalized spacial score (nSPS) is 10.7. The number of aromatic nitrogens is 1. The van der Waals surface area contributed by atoms with Crippen LogP contribution in [0, 0.1) is 0 Å². The van der Waals surface area contributed by atoms with Gasteiger partial charge < -0.3 is 9.73 Å². The summed E-state index contributed by atoms with van der Waals surface area (Å²) >= 11 is 3.34. The zero-order valence-corrected chi connectivity index (χ0v) is 15.6. The number of carbonyl (C=O) groups excluding carboxylic acids is 1. The van der Waals surface area contributed by atoms with Crippen molar-refractivity contribution in [1.82, 2.24) is 4.98 Å². The van der Waals surface area contributed by atoms with Gasteiger partial charge in [-0.25, -0.2) is 9.78 Å². The number of hydrogen-bond acceptors (Lipinski definition) is 4. The number of anilines is 1. The maximum Gasteiger partial charge on any atom is 0.347 e. The summed E-state index contributed by atoms with van der Waals surface area (Å²) in [7, 11) is 0. The maximum absolute atomic E-state index is 12.3. The zero-order chi connectivity index (χ0) is 18.8. The highest BCUT2D eigenvalue weighted by Gasteiger charge is 2.09. The summed E-state index contributed by atoms with van der Waals surface area (Å²) in [5.41, 5.74) is 2.00. The molecule has 0 aliphatic carbocycles. The molecule has 0 radical (unpaired) electrons. The smallest absolute Gasteiger partial charge is 0.347 e. The Labute approximate surface area is 162 Å². The molecule has 1 heterocycles. The second kappa shape index (κ2) is 7.17. The monoisotopic (exact) mass is 420 g/mol. The molecule has 1 aromatic heterocycles. The summed E-state index contributed by atoms with van der Waals surface area (Å²) in [5.74, 6) is 0.0371. The van der Waals surface area contributed by atoms with E-state index in [-0.39, 0.29) is 11.8 Å². The fourth-order valence-electron chi connectivity index (χ4n) is 2.64. The van der Waals surface area contributed by atoms with Crippen molar-refractivity contribution in [3.63, 3.8) is 0 Å². The molecule has 6 heteroatoms. The van der Waals surface area contributed by atoms with Gasteiger partial charge in [-0.3, -0.25) is 4.79 Å². The van der Waals surface area contributed by atoms with Gasteiger partial charge in [-0.1, -0.05) is 28.1 Å². The number of fused-ring (bicyclic) bond motifs is 1. The van der Waals surface area contributed by atoms with Crippen molar-refractivity contribution in [1.29, 1.82) is 0 Å². The molecule has 27 heavy (non-hydrogen) atoms. The molecule has 0 unspecified atom stereocenters. The number of amides is 1. The first-order chi connectivity index (χ1) is 13.1. The van der Waals surface area contributed by atoms with E-state index >= 15 is 0 Å². The van der Waals surface area contributed by atoms with Crippen molar-refractivity contribution in [2.45, 2.75) is 0 Å². The Kier molecular flexibility index (Phi) is 4.56. The van der Waals surface area contributed by atoms with E-state index in [0.29, 0.717) is 27.7 Å².